The number of phenols is 1. The molecule has 0 aliphatic heterocycles. The van der Waals surface area contributed by atoms with Gasteiger partial charge < -0.3 is 20.3 Å². The van der Waals surface area contributed by atoms with Crippen LogP contribution in [0, 0.1) is 5.41 Å². The Morgan fingerprint density at radius 1 is 1.42 bits per heavy atom. The maximum absolute atomic E-state index is 11.8. The molecule has 0 aliphatic rings. The number of halogens is 1. The summed E-state index contributed by atoms with van der Waals surface area (Å²) in [5.41, 5.74) is 5.90. The van der Waals surface area contributed by atoms with Crippen molar-refractivity contribution in [3.8, 4) is 11.5 Å². The first kappa shape index (κ1) is 15.8. The molecule has 3 N–H and O–H groups in total. The molecule has 19 heavy (non-hydrogen) atoms. The Morgan fingerprint density at radius 2 is 2.00 bits per heavy atom. The smallest absolute Gasteiger partial charge is 0.313 e. The lowest BCUT2D eigenvalue weighted by Gasteiger charge is -2.29. The van der Waals surface area contributed by atoms with Crippen LogP contribution >= 0.6 is 15.9 Å². The Labute approximate surface area is 120 Å². The molecule has 1 aromatic carbocycles. The maximum atomic E-state index is 11.8. The topological polar surface area (TPSA) is 81.8 Å². The van der Waals surface area contributed by atoms with Crippen LogP contribution in [0.25, 0.3) is 0 Å². The Balaban J connectivity index is 3.23. The summed E-state index contributed by atoms with van der Waals surface area (Å²) in [5, 5.41) is 9.76. The van der Waals surface area contributed by atoms with Crippen molar-refractivity contribution < 1.29 is 19.4 Å². The molecule has 106 valence electrons. The number of ether oxygens (including phenoxy) is 2. The first-order chi connectivity index (χ1) is 8.75. The van der Waals surface area contributed by atoms with Gasteiger partial charge in [-0.15, -0.1) is 0 Å². The first-order valence-electron chi connectivity index (χ1n) is 5.66. The standard InChI is InChI=1S/C13H18BrNO4/c1-13(2,12(17)19-4)11(15)7-5-8(14)10(16)9(6-7)18-3/h5-6,11,16H,15H2,1-4H3/t11-/m0/s1. The van der Waals surface area contributed by atoms with E-state index in [2.05, 4.69) is 15.9 Å². The molecule has 6 heteroatoms. The Morgan fingerprint density at radius 3 is 2.47 bits per heavy atom. The number of carbonyl (C=O) groups is 1. The lowest BCUT2D eigenvalue weighted by molar-refractivity contribution is -0.152. The molecule has 0 bridgehead atoms. The summed E-state index contributed by atoms with van der Waals surface area (Å²) in [6, 6.07) is 2.67. The lowest BCUT2D eigenvalue weighted by Crippen LogP contribution is -2.37. The molecule has 0 saturated carbocycles. The lowest BCUT2D eigenvalue weighted by atomic mass is 9.81. The third-order valence-corrected chi connectivity index (χ3v) is 3.72. The van der Waals surface area contributed by atoms with Gasteiger partial charge in [-0.2, -0.15) is 0 Å². The maximum Gasteiger partial charge on any atom is 0.313 e. The zero-order valence-corrected chi connectivity index (χ0v) is 12.9. The summed E-state index contributed by atoms with van der Waals surface area (Å²) in [4.78, 5) is 11.8. The van der Waals surface area contributed by atoms with E-state index in [4.69, 9.17) is 15.2 Å². The van der Waals surface area contributed by atoms with Gasteiger partial charge in [0.05, 0.1) is 24.1 Å². The van der Waals surface area contributed by atoms with Crippen molar-refractivity contribution in [2.24, 2.45) is 11.1 Å². The molecule has 0 amide bonds. The van der Waals surface area contributed by atoms with Crippen molar-refractivity contribution in [2.75, 3.05) is 14.2 Å². The molecule has 0 saturated heterocycles. The van der Waals surface area contributed by atoms with E-state index in [1.54, 1.807) is 26.0 Å². The predicted molar refractivity (Wildman–Crippen MR) is 75.1 cm³/mol. The molecule has 0 fully saturated rings. The SMILES string of the molecule is COC(=O)C(C)(C)[C@@H](N)c1cc(Br)c(O)c(OC)c1. The number of methoxy groups -OCH3 is 2. The zero-order chi connectivity index (χ0) is 14.8. The average Bonchev–Trinajstić information content (AvgIpc) is 2.39. The highest BCUT2D eigenvalue weighted by molar-refractivity contribution is 9.10. The number of phenolic OH excluding ortho intramolecular Hbond substituents is 1. The van der Waals surface area contributed by atoms with E-state index in [0.717, 1.165) is 0 Å². The summed E-state index contributed by atoms with van der Waals surface area (Å²) < 4.78 is 10.3. The van der Waals surface area contributed by atoms with Crippen LogP contribution in [-0.2, 0) is 9.53 Å². The van der Waals surface area contributed by atoms with Gasteiger partial charge in [0.25, 0.3) is 0 Å². The molecule has 5 nitrogen and oxygen atoms in total. The van der Waals surface area contributed by atoms with Crippen LogP contribution < -0.4 is 10.5 Å². The summed E-state index contributed by atoms with van der Waals surface area (Å²) in [7, 11) is 2.77. The molecule has 0 unspecified atom stereocenters. The molecule has 0 heterocycles. The normalized spacial score (nSPS) is 12.9. The number of benzene rings is 1. The van der Waals surface area contributed by atoms with Crippen LogP contribution in [0.1, 0.15) is 25.5 Å². The van der Waals surface area contributed by atoms with Crippen LogP contribution in [-0.4, -0.2) is 25.3 Å². The highest BCUT2D eigenvalue weighted by Crippen LogP contribution is 2.40. The van der Waals surface area contributed by atoms with Crippen LogP contribution in [0.3, 0.4) is 0 Å². The summed E-state index contributed by atoms with van der Waals surface area (Å²) in [6.45, 7) is 3.41. The number of rotatable bonds is 4. The number of aromatic hydroxyl groups is 1. The molecule has 0 radical (unpaired) electrons. The highest BCUT2D eigenvalue weighted by Gasteiger charge is 2.37. The Bertz CT molecular complexity index is 488. The fourth-order valence-corrected chi connectivity index (χ4v) is 2.20. The number of carbonyl (C=O) groups excluding carboxylic acids is 1. The van der Waals surface area contributed by atoms with Gasteiger partial charge in [0.2, 0.25) is 0 Å². The van der Waals surface area contributed by atoms with E-state index in [1.807, 2.05) is 0 Å². The molecule has 1 atom stereocenters. The van der Waals surface area contributed by atoms with E-state index in [9.17, 15) is 9.90 Å². The Hall–Kier alpha value is -1.27. The number of hydrogen-bond acceptors (Lipinski definition) is 5. The van der Waals surface area contributed by atoms with Crippen molar-refractivity contribution in [2.45, 2.75) is 19.9 Å². The third-order valence-electron chi connectivity index (χ3n) is 3.12. The molecule has 1 aromatic rings. The quantitative estimate of drug-likeness (QED) is 0.827. The molecule has 0 aliphatic carbocycles. The zero-order valence-electron chi connectivity index (χ0n) is 11.4. The average molecular weight is 332 g/mol. The fraction of sp³-hybridized carbons (Fsp3) is 0.462. The molecular weight excluding hydrogens is 314 g/mol. The van der Waals surface area contributed by atoms with Gasteiger partial charge in [-0.05, 0) is 47.5 Å². The van der Waals surface area contributed by atoms with Gasteiger partial charge in [-0.3, -0.25) is 4.79 Å². The minimum absolute atomic E-state index is 0.00526. The minimum atomic E-state index is -0.893. The molecule has 0 spiro atoms. The van der Waals surface area contributed by atoms with Crippen LogP contribution in [0.15, 0.2) is 16.6 Å². The van der Waals surface area contributed by atoms with E-state index in [0.29, 0.717) is 15.8 Å². The van der Waals surface area contributed by atoms with Gasteiger partial charge >= 0.3 is 5.97 Å². The second-order valence-corrected chi connectivity index (χ2v) is 5.60. The fourth-order valence-electron chi connectivity index (χ4n) is 1.74. The minimum Gasteiger partial charge on any atom is -0.503 e. The Kier molecular flexibility index (Phi) is 4.81. The van der Waals surface area contributed by atoms with E-state index >= 15 is 0 Å². The first-order valence-corrected chi connectivity index (χ1v) is 6.45. The highest BCUT2D eigenvalue weighted by atomic mass is 79.9. The van der Waals surface area contributed by atoms with Gasteiger partial charge in [-0.25, -0.2) is 0 Å². The second-order valence-electron chi connectivity index (χ2n) is 4.74. The van der Waals surface area contributed by atoms with Crippen molar-refractivity contribution >= 4 is 21.9 Å². The molecule has 0 aromatic heterocycles. The summed E-state index contributed by atoms with van der Waals surface area (Å²) >= 11 is 3.23. The van der Waals surface area contributed by atoms with Gasteiger partial charge in [0.15, 0.2) is 11.5 Å². The van der Waals surface area contributed by atoms with Crippen molar-refractivity contribution in [1.82, 2.24) is 0 Å². The van der Waals surface area contributed by atoms with E-state index in [-0.39, 0.29) is 5.75 Å². The third kappa shape index (κ3) is 3.01. The van der Waals surface area contributed by atoms with Crippen LogP contribution in [0.5, 0.6) is 11.5 Å². The number of nitrogens with two attached hydrogens (primary N) is 1. The van der Waals surface area contributed by atoms with Gasteiger partial charge in [-0.1, -0.05) is 0 Å². The van der Waals surface area contributed by atoms with E-state index in [1.165, 1.54) is 14.2 Å². The summed E-state index contributed by atoms with van der Waals surface area (Å²) in [5.74, 6) is -0.113. The predicted octanol–water partition coefficient (Wildman–Crippen LogP) is 2.36. The van der Waals surface area contributed by atoms with Crippen LogP contribution in [0.4, 0.5) is 0 Å². The van der Waals surface area contributed by atoms with Crippen molar-refractivity contribution in [1.29, 1.82) is 0 Å². The largest absolute Gasteiger partial charge is 0.503 e. The van der Waals surface area contributed by atoms with Gasteiger partial charge in [0.1, 0.15) is 0 Å². The van der Waals surface area contributed by atoms with E-state index < -0.39 is 17.4 Å². The second kappa shape index (κ2) is 5.79. The molecule has 1 rings (SSSR count). The number of esters is 1. The van der Waals surface area contributed by atoms with Crippen molar-refractivity contribution in [3.05, 3.63) is 22.2 Å². The van der Waals surface area contributed by atoms with Crippen molar-refractivity contribution in [3.63, 3.8) is 0 Å². The van der Waals surface area contributed by atoms with Crippen LogP contribution in [0.2, 0.25) is 0 Å². The monoisotopic (exact) mass is 331 g/mol. The summed E-state index contributed by atoms with van der Waals surface area (Å²) in [6.07, 6.45) is 0. The van der Waals surface area contributed by atoms with Gasteiger partial charge in [0, 0.05) is 6.04 Å². The number of hydrogen-bond donors (Lipinski definition) is 2. The molecular formula is C13H18BrNO4.